The number of nitrogens with one attached hydrogen (secondary N) is 1. The molecule has 1 saturated carbocycles. The summed E-state index contributed by atoms with van der Waals surface area (Å²) in [6.07, 6.45) is 6.50. The Hall–Kier alpha value is -2.82. The summed E-state index contributed by atoms with van der Waals surface area (Å²) in [6.45, 7) is 4.26. The minimum absolute atomic E-state index is 0.0721. The molecule has 1 atom stereocenters. The first kappa shape index (κ1) is 23.3. The lowest BCUT2D eigenvalue weighted by Crippen LogP contribution is -2.45. The molecule has 5 heteroatoms. The van der Waals surface area contributed by atoms with Crippen molar-refractivity contribution in [2.75, 3.05) is 19.6 Å². The lowest BCUT2D eigenvalue weighted by molar-refractivity contribution is -0.139. The molecule has 2 fully saturated rings. The first-order valence-electron chi connectivity index (χ1n) is 12.4. The van der Waals surface area contributed by atoms with Gasteiger partial charge in [-0.15, -0.1) is 0 Å². The number of nitrogens with zero attached hydrogens (tertiary/aromatic N) is 1. The van der Waals surface area contributed by atoms with Gasteiger partial charge in [0, 0.05) is 26.1 Å². The van der Waals surface area contributed by atoms with Gasteiger partial charge in [0.2, 0.25) is 5.91 Å². The van der Waals surface area contributed by atoms with Crippen molar-refractivity contribution in [3.63, 3.8) is 0 Å². The number of carbonyl (C=O) groups excluding carboxylic acids is 2. The lowest BCUT2D eigenvalue weighted by atomic mass is 9.89. The number of ether oxygens (including phenoxy) is 1. The Morgan fingerprint density at radius 3 is 2.27 bits per heavy atom. The van der Waals surface area contributed by atoms with Crippen LogP contribution in [0.25, 0.3) is 0 Å². The van der Waals surface area contributed by atoms with Crippen LogP contribution in [0.4, 0.5) is 0 Å². The minimum atomic E-state index is -0.465. The van der Waals surface area contributed by atoms with E-state index < -0.39 is 6.10 Å². The largest absolute Gasteiger partial charge is 0.481 e. The van der Waals surface area contributed by atoms with Gasteiger partial charge in [0.1, 0.15) is 5.75 Å². The molecule has 0 radical (unpaired) electrons. The Kier molecular flexibility index (Phi) is 8.03. The van der Waals surface area contributed by atoms with Crippen molar-refractivity contribution in [3.8, 4) is 5.75 Å². The number of rotatable bonds is 10. The summed E-state index contributed by atoms with van der Waals surface area (Å²) in [5.74, 6) is 2.29. The number of amides is 2. The normalized spacial score (nSPS) is 17.4. The molecule has 1 saturated heterocycles. The van der Waals surface area contributed by atoms with Gasteiger partial charge in [-0.1, -0.05) is 42.5 Å². The fraction of sp³-hybridized carbons (Fsp3) is 0.500. The molecule has 1 unspecified atom stereocenters. The first-order chi connectivity index (χ1) is 16.1. The molecule has 4 rings (SSSR count). The average Bonchev–Trinajstić information content (AvgIpc) is 3.68. The Bertz CT molecular complexity index is 900. The van der Waals surface area contributed by atoms with Gasteiger partial charge in [-0.3, -0.25) is 9.59 Å². The second-order valence-electron chi connectivity index (χ2n) is 9.61. The van der Waals surface area contributed by atoms with Crippen molar-refractivity contribution in [2.24, 2.45) is 11.8 Å². The Balaban J connectivity index is 1.16. The Morgan fingerprint density at radius 2 is 1.61 bits per heavy atom. The third-order valence-electron chi connectivity index (χ3n) is 6.80. The molecule has 2 aromatic rings. The maximum Gasteiger partial charge on any atom is 0.263 e. The zero-order valence-corrected chi connectivity index (χ0v) is 19.7. The van der Waals surface area contributed by atoms with Gasteiger partial charge < -0.3 is 15.0 Å². The fourth-order valence-corrected chi connectivity index (χ4v) is 4.47. The van der Waals surface area contributed by atoms with E-state index >= 15 is 0 Å². The number of aryl methyl sites for hydroxylation is 1. The highest BCUT2D eigenvalue weighted by Gasteiger charge is 2.27. The van der Waals surface area contributed by atoms with Crippen LogP contribution >= 0.6 is 0 Å². The number of piperidine rings is 1. The van der Waals surface area contributed by atoms with Gasteiger partial charge in [-0.2, -0.15) is 0 Å². The summed E-state index contributed by atoms with van der Waals surface area (Å²) in [6, 6.07) is 18.2. The topological polar surface area (TPSA) is 58.6 Å². The van der Waals surface area contributed by atoms with Crippen LogP contribution < -0.4 is 10.1 Å². The van der Waals surface area contributed by atoms with E-state index in [-0.39, 0.29) is 11.8 Å². The maximum atomic E-state index is 12.8. The van der Waals surface area contributed by atoms with Gasteiger partial charge in [0.25, 0.3) is 5.91 Å². The smallest absolute Gasteiger partial charge is 0.263 e. The van der Waals surface area contributed by atoms with E-state index in [0.717, 1.165) is 57.0 Å². The van der Waals surface area contributed by atoms with Crippen LogP contribution in [-0.2, 0) is 22.4 Å². The van der Waals surface area contributed by atoms with E-state index in [1.165, 1.54) is 24.0 Å². The van der Waals surface area contributed by atoms with Crippen LogP contribution in [0, 0.1) is 11.8 Å². The monoisotopic (exact) mass is 448 g/mol. The van der Waals surface area contributed by atoms with E-state index in [4.69, 9.17) is 4.74 Å². The van der Waals surface area contributed by atoms with Crippen LogP contribution in [0.1, 0.15) is 50.2 Å². The zero-order chi connectivity index (χ0) is 23.0. The summed E-state index contributed by atoms with van der Waals surface area (Å²) >= 11 is 0. The van der Waals surface area contributed by atoms with E-state index in [9.17, 15) is 9.59 Å². The van der Waals surface area contributed by atoms with Crippen LogP contribution in [0.15, 0.2) is 54.6 Å². The first-order valence-corrected chi connectivity index (χ1v) is 12.4. The van der Waals surface area contributed by atoms with E-state index in [0.29, 0.717) is 12.3 Å². The standard InChI is InChI=1S/C28H36N2O3/c1-21(33-26-5-3-2-4-6-26)28(32)30-17-15-24(16-18-30)19-23-9-7-22(8-10-23)13-14-27(31)29-20-25-11-12-25/h2-10,21,24-25H,11-20H2,1H3,(H,29,31). The number of carbonyl (C=O) groups is 2. The fourth-order valence-electron chi connectivity index (χ4n) is 4.47. The summed E-state index contributed by atoms with van der Waals surface area (Å²) in [4.78, 5) is 26.6. The molecule has 2 aromatic carbocycles. The average molecular weight is 449 g/mol. The van der Waals surface area contributed by atoms with Crippen molar-refractivity contribution in [1.82, 2.24) is 10.2 Å². The minimum Gasteiger partial charge on any atom is -0.481 e. The highest BCUT2D eigenvalue weighted by atomic mass is 16.5. The summed E-state index contributed by atoms with van der Waals surface area (Å²) in [5, 5.41) is 3.04. The second kappa shape index (κ2) is 11.4. The van der Waals surface area contributed by atoms with Crippen molar-refractivity contribution in [3.05, 3.63) is 65.7 Å². The molecular weight excluding hydrogens is 412 g/mol. The highest BCUT2D eigenvalue weighted by Crippen LogP contribution is 2.27. The third-order valence-corrected chi connectivity index (χ3v) is 6.80. The number of hydrogen-bond acceptors (Lipinski definition) is 3. The molecule has 176 valence electrons. The quantitative estimate of drug-likeness (QED) is 0.586. The van der Waals surface area contributed by atoms with E-state index in [1.54, 1.807) is 0 Å². The van der Waals surface area contributed by atoms with Gasteiger partial charge >= 0.3 is 0 Å². The molecular formula is C28H36N2O3. The van der Waals surface area contributed by atoms with Crippen LogP contribution in [0.5, 0.6) is 5.75 Å². The number of likely N-dealkylation sites (tertiary alicyclic amines) is 1. The Labute approximate surface area is 197 Å². The number of hydrogen-bond donors (Lipinski definition) is 1. The van der Waals surface area contributed by atoms with Gasteiger partial charge in [0.05, 0.1) is 0 Å². The molecule has 5 nitrogen and oxygen atoms in total. The SMILES string of the molecule is CC(Oc1ccccc1)C(=O)N1CCC(Cc2ccc(CCC(=O)NCC3CC3)cc2)CC1. The van der Waals surface area contributed by atoms with Crippen molar-refractivity contribution in [1.29, 1.82) is 0 Å². The van der Waals surface area contributed by atoms with Crippen molar-refractivity contribution in [2.45, 2.75) is 58.0 Å². The molecule has 1 heterocycles. The summed E-state index contributed by atoms with van der Waals surface area (Å²) in [5.41, 5.74) is 2.55. The molecule has 1 N–H and O–H groups in total. The van der Waals surface area contributed by atoms with E-state index in [1.807, 2.05) is 42.2 Å². The van der Waals surface area contributed by atoms with Gasteiger partial charge in [0.15, 0.2) is 6.10 Å². The summed E-state index contributed by atoms with van der Waals surface area (Å²) < 4.78 is 5.81. The number of para-hydroxylation sites is 1. The van der Waals surface area contributed by atoms with Crippen LogP contribution in [0.2, 0.25) is 0 Å². The molecule has 0 bridgehead atoms. The lowest BCUT2D eigenvalue weighted by Gasteiger charge is -2.33. The number of benzene rings is 2. The Morgan fingerprint density at radius 1 is 0.939 bits per heavy atom. The van der Waals surface area contributed by atoms with Crippen molar-refractivity contribution < 1.29 is 14.3 Å². The van der Waals surface area contributed by atoms with Gasteiger partial charge in [-0.25, -0.2) is 0 Å². The van der Waals surface area contributed by atoms with Crippen molar-refractivity contribution >= 4 is 11.8 Å². The predicted molar refractivity (Wildman–Crippen MR) is 130 cm³/mol. The van der Waals surface area contributed by atoms with Gasteiger partial charge in [-0.05, 0) is 80.5 Å². The molecule has 2 amide bonds. The molecule has 0 aromatic heterocycles. The zero-order valence-electron chi connectivity index (χ0n) is 19.7. The second-order valence-corrected chi connectivity index (χ2v) is 9.61. The maximum absolute atomic E-state index is 12.8. The molecule has 0 spiro atoms. The molecule has 1 aliphatic heterocycles. The molecule has 2 aliphatic rings. The third kappa shape index (κ3) is 7.34. The van der Waals surface area contributed by atoms with Crippen LogP contribution in [-0.4, -0.2) is 42.5 Å². The predicted octanol–water partition coefficient (Wildman–Crippen LogP) is 4.39. The summed E-state index contributed by atoms with van der Waals surface area (Å²) in [7, 11) is 0. The highest BCUT2D eigenvalue weighted by molar-refractivity contribution is 5.81. The van der Waals surface area contributed by atoms with E-state index in [2.05, 4.69) is 29.6 Å². The molecule has 1 aliphatic carbocycles. The van der Waals surface area contributed by atoms with Crippen LogP contribution in [0.3, 0.4) is 0 Å². The molecule has 33 heavy (non-hydrogen) atoms.